The Hall–Kier alpha value is -1.87. The minimum absolute atomic E-state index is 0.481. The first kappa shape index (κ1) is 13.1. The van der Waals surface area contributed by atoms with Crippen LogP contribution in [0.25, 0.3) is 6.08 Å². The molecule has 0 spiro atoms. The highest BCUT2D eigenvalue weighted by Gasteiger charge is 1.86. The van der Waals surface area contributed by atoms with Crippen LogP contribution in [-0.4, -0.2) is 5.91 Å². The van der Waals surface area contributed by atoms with Crippen LogP contribution < -0.4 is 11.5 Å². The zero-order valence-corrected chi connectivity index (χ0v) is 8.65. The molecule has 0 aliphatic heterocycles. The molecule has 3 heteroatoms. The number of primary amides is 1. The molecule has 0 saturated heterocycles. The summed E-state index contributed by atoms with van der Waals surface area (Å²) in [6.45, 7) is 7.35. The van der Waals surface area contributed by atoms with Crippen molar-refractivity contribution >= 4 is 12.0 Å². The van der Waals surface area contributed by atoms with Gasteiger partial charge in [0.2, 0.25) is 5.91 Å². The summed E-state index contributed by atoms with van der Waals surface area (Å²) in [6, 6.07) is 8.04. The van der Waals surface area contributed by atoms with Crippen LogP contribution in [0.1, 0.15) is 11.1 Å². The molecule has 0 fully saturated rings. The van der Waals surface area contributed by atoms with E-state index in [0.29, 0.717) is 6.54 Å². The lowest BCUT2D eigenvalue weighted by atomic mass is 10.1. The van der Waals surface area contributed by atoms with Gasteiger partial charge in [0.05, 0.1) is 0 Å². The van der Waals surface area contributed by atoms with Crippen molar-refractivity contribution in [2.45, 2.75) is 6.54 Å². The lowest BCUT2D eigenvalue weighted by molar-refractivity contribution is -0.113. The lowest BCUT2D eigenvalue weighted by Crippen LogP contribution is -2.04. The van der Waals surface area contributed by atoms with E-state index in [1.807, 2.05) is 30.3 Å². The predicted octanol–water partition coefficient (Wildman–Crippen LogP) is 1.45. The summed E-state index contributed by atoms with van der Waals surface area (Å²) in [5, 5.41) is 0. The van der Waals surface area contributed by atoms with Gasteiger partial charge in [-0.2, -0.15) is 0 Å². The molecule has 1 aromatic carbocycles. The molecule has 1 amide bonds. The fourth-order valence-electron chi connectivity index (χ4n) is 0.790. The maximum absolute atomic E-state index is 9.47. The summed E-state index contributed by atoms with van der Waals surface area (Å²) in [5.41, 5.74) is 12.2. The Labute approximate surface area is 90.1 Å². The van der Waals surface area contributed by atoms with Gasteiger partial charge in [-0.3, -0.25) is 4.79 Å². The molecule has 0 aliphatic rings. The first-order chi connectivity index (χ1) is 7.13. The van der Waals surface area contributed by atoms with Gasteiger partial charge >= 0.3 is 0 Å². The molecule has 15 heavy (non-hydrogen) atoms. The highest BCUT2D eigenvalue weighted by atomic mass is 16.1. The fourth-order valence-corrected chi connectivity index (χ4v) is 0.790. The molecule has 0 aliphatic carbocycles. The molecule has 0 unspecified atom stereocenters. The Balaban J connectivity index is 0.000000336. The maximum Gasteiger partial charge on any atom is 0.240 e. The van der Waals surface area contributed by atoms with E-state index in [-0.39, 0.29) is 0 Å². The normalized spacial score (nSPS) is 8.33. The van der Waals surface area contributed by atoms with Crippen molar-refractivity contribution < 1.29 is 4.79 Å². The third-order valence-electron chi connectivity index (χ3n) is 1.65. The van der Waals surface area contributed by atoms with Gasteiger partial charge in [0.15, 0.2) is 0 Å². The Morgan fingerprint density at radius 2 is 1.73 bits per heavy atom. The van der Waals surface area contributed by atoms with E-state index >= 15 is 0 Å². The second-order valence-corrected chi connectivity index (χ2v) is 2.76. The number of hydrogen-bond acceptors (Lipinski definition) is 2. The lowest BCUT2D eigenvalue weighted by Gasteiger charge is -1.95. The Morgan fingerprint density at radius 3 is 2.00 bits per heavy atom. The topological polar surface area (TPSA) is 69.1 Å². The highest BCUT2D eigenvalue weighted by Crippen LogP contribution is 2.03. The number of nitrogens with two attached hydrogens (primary N) is 2. The monoisotopic (exact) mass is 204 g/mol. The molecular weight excluding hydrogens is 188 g/mol. The standard InChI is InChI=1S/C9H11N.C3H5NO/c1-2-8-3-5-9(7-10)6-4-8;1-2-3(4)5/h2-6H,1,7,10H2;2H,1H2,(H2,4,5). The van der Waals surface area contributed by atoms with Crippen LogP contribution in [0, 0.1) is 0 Å². The maximum atomic E-state index is 9.47. The number of rotatable bonds is 3. The average Bonchev–Trinajstić information content (AvgIpc) is 2.30. The first-order valence-corrected chi connectivity index (χ1v) is 4.47. The second kappa shape index (κ2) is 7.53. The van der Waals surface area contributed by atoms with E-state index in [1.54, 1.807) is 0 Å². The van der Waals surface area contributed by atoms with E-state index < -0.39 is 5.91 Å². The highest BCUT2D eigenvalue weighted by molar-refractivity contribution is 5.84. The quantitative estimate of drug-likeness (QED) is 0.731. The Bertz CT molecular complexity index is 328. The van der Waals surface area contributed by atoms with E-state index in [1.165, 1.54) is 0 Å². The molecule has 1 rings (SSSR count). The SMILES string of the molecule is C=CC(N)=O.C=Cc1ccc(CN)cc1. The summed E-state index contributed by atoms with van der Waals surface area (Å²) >= 11 is 0. The van der Waals surface area contributed by atoms with E-state index in [9.17, 15) is 4.79 Å². The number of amides is 1. The molecule has 3 nitrogen and oxygen atoms in total. The Morgan fingerprint density at radius 1 is 1.27 bits per heavy atom. The fraction of sp³-hybridized carbons (Fsp3) is 0.0833. The van der Waals surface area contributed by atoms with Crippen molar-refractivity contribution in [3.63, 3.8) is 0 Å². The summed E-state index contributed by atoms with van der Waals surface area (Å²) in [5.74, 6) is -0.481. The average molecular weight is 204 g/mol. The molecular formula is C12H16N2O. The molecule has 0 atom stereocenters. The summed E-state index contributed by atoms with van der Waals surface area (Å²) in [7, 11) is 0. The number of benzene rings is 1. The largest absolute Gasteiger partial charge is 0.366 e. The minimum atomic E-state index is -0.481. The number of carbonyl (C=O) groups is 1. The van der Waals surface area contributed by atoms with Gasteiger partial charge in [-0.15, -0.1) is 0 Å². The van der Waals surface area contributed by atoms with Gasteiger partial charge in [0.1, 0.15) is 0 Å². The first-order valence-electron chi connectivity index (χ1n) is 4.47. The van der Waals surface area contributed by atoms with Crippen LogP contribution in [-0.2, 0) is 11.3 Å². The third kappa shape index (κ3) is 6.23. The summed E-state index contributed by atoms with van der Waals surface area (Å²) in [6.07, 6.45) is 2.88. The van der Waals surface area contributed by atoms with Crippen LogP contribution in [0.3, 0.4) is 0 Å². The molecule has 0 heterocycles. The number of hydrogen-bond donors (Lipinski definition) is 2. The van der Waals surface area contributed by atoms with Crippen LogP contribution in [0.15, 0.2) is 43.5 Å². The van der Waals surface area contributed by atoms with Crippen molar-refractivity contribution in [2.24, 2.45) is 11.5 Å². The smallest absolute Gasteiger partial charge is 0.240 e. The van der Waals surface area contributed by atoms with Gasteiger partial charge in [0, 0.05) is 6.54 Å². The minimum Gasteiger partial charge on any atom is -0.366 e. The van der Waals surface area contributed by atoms with Crippen LogP contribution in [0.4, 0.5) is 0 Å². The Kier molecular flexibility index (Phi) is 6.59. The van der Waals surface area contributed by atoms with Crippen molar-refractivity contribution in [3.05, 3.63) is 54.6 Å². The van der Waals surface area contributed by atoms with Crippen molar-refractivity contribution in [1.82, 2.24) is 0 Å². The van der Waals surface area contributed by atoms with Crippen LogP contribution >= 0.6 is 0 Å². The second-order valence-electron chi connectivity index (χ2n) is 2.76. The number of carbonyl (C=O) groups excluding carboxylic acids is 1. The molecule has 4 N–H and O–H groups in total. The van der Waals surface area contributed by atoms with E-state index in [0.717, 1.165) is 17.2 Å². The molecule has 80 valence electrons. The van der Waals surface area contributed by atoms with Gasteiger partial charge < -0.3 is 11.5 Å². The molecule has 0 radical (unpaired) electrons. The molecule has 0 saturated carbocycles. The van der Waals surface area contributed by atoms with Gasteiger partial charge in [-0.05, 0) is 17.2 Å². The van der Waals surface area contributed by atoms with Crippen molar-refractivity contribution in [3.8, 4) is 0 Å². The van der Waals surface area contributed by atoms with Gasteiger partial charge in [-0.1, -0.05) is 43.5 Å². The zero-order valence-electron chi connectivity index (χ0n) is 8.65. The van der Waals surface area contributed by atoms with Gasteiger partial charge in [0.25, 0.3) is 0 Å². The zero-order chi connectivity index (χ0) is 11.7. The van der Waals surface area contributed by atoms with Crippen LogP contribution in [0.5, 0.6) is 0 Å². The van der Waals surface area contributed by atoms with E-state index in [4.69, 9.17) is 5.73 Å². The molecule has 0 bridgehead atoms. The van der Waals surface area contributed by atoms with Crippen molar-refractivity contribution in [2.75, 3.05) is 0 Å². The summed E-state index contributed by atoms with van der Waals surface area (Å²) in [4.78, 5) is 9.47. The molecule has 1 aromatic rings. The van der Waals surface area contributed by atoms with E-state index in [2.05, 4.69) is 18.9 Å². The predicted molar refractivity (Wildman–Crippen MR) is 63.8 cm³/mol. The van der Waals surface area contributed by atoms with Crippen molar-refractivity contribution in [1.29, 1.82) is 0 Å². The van der Waals surface area contributed by atoms with Gasteiger partial charge in [-0.25, -0.2) is 0 Å². The molecule has 0 aromatic heterocycles. The summed E-state index contributed by atoms with van der Waals surface area (Å²) < 4.78 is 0. The third-order valence-corrected chi connectivity index (χ3v) is 1.65. The van der Waals surface area contributed by atoms with Crippen LogP contribution in [0.2, 0.25) is 0 Å².